The van der Waals surface area contributed by atoms with Crippen LogP contribution in [-0.4, -0.2) is 31.7 Å². The van der Waals surface area contributed by atoms with E-state index in [4.69, 9.17) is 4.74 Å². The number of ether oxygens (including phenoxy) is 1. The van der Waals surface area contributed by atoms with Gasteiger partial charge in [-0.25, -0.2) is 13.4 Å². The lowest BCUT2D eigenvalue weighted by Gasteiger charge is -2.13. The largest absolute Gasteiger partial charge is 0.474 e. The van der Waals surface area contributed by atoms with Crippen LogP contribution < -0.4 is 14.8 Å². The number of sulfonamides is 1. The second-order valence-corrected chi connectivity index (χ2v) is 8.06. The van der Waals surface area contributed by atoms with Gasteiger partial charge < -0.3 is 10.1 Å². The topological polar surface area (TPSA) is 97.4 Å². The molecule has 1 heterocycles. The summed E-state index contributed by atoms with van der Waals surface area (Å²) in [5.41, 5.74) is 1.29. The first-order valence-electron chi connectivity index (χ1n) is 8.41. The van der Waals surface area contributed by atoms with Crippen molar-refractivity contribution < 1.29 is 17.9 Å². The molecule has 2 aromatic rings. The number of carbonyl (C=O) groups is 1. The van der Waals surface area contributed by atoms with Gasteiger partial charge in [-0.05, 0) is 49.9 Å². The maximum Gasteiger partial charge on any atom is 0.255 e. The lowest BCUT2D eigenvalue weighted by molar-refractivity contribution is 0.102. The second-order valence-electron chi connectivity index (χ2n) is 6.32. The van der Waals surface area contributed by atoms with E-state index < -0.39 is 10.0 Å². The van der Waals surface area contributed by atoms with Crippen LogP contribution in [0.25, 0.3) is 0 Å². The molecule has 0 aliphatic heterocycles. The van der Waals surface area contributed by atoms with E-state index in [1.807, 2.05) is 0 Å². The number of nitrogens with one attached hydrogen (secondary N) is 2. The summed E-state index contributed by atoms with van der Waals surface area (Å²) in [7, 11) is -3.38. The first-order valence-corrected chi connectivity index (χ1v) is 10.3. The van der Waals surface area contributed by atoms with Crippen molar-refractivity contribution in [3.63, 3.8) is 0 Å². The molecule has 8 heteroatoms. The zero-order valence-corrected chi connectivity index (χ0v) is 15.3. The number of rotatable bonds is 6. The highest BCUT2D eigenvalue weighted by atomic mass is 32.2. The van der Waals surface area contributed by atoms with Crippen LogP contribution in [0.4, 0.5) is 11.4 Å². The van der Waals surface area contributed by atoms with Crippen molar-refractivity contribution in [3.8, 4) is 5.88 Å². The summed E-state index contributed by atoms with van der Waals surface area (Å²) >= 11 is 0. The third-order valence-electron chi connectivity index (χ3n) is 4.01. The van der Waals surface area contributed by atoms with Crippen LogP contribution in [0.5, 0.6) is 5.88 Å². The van der Waals surface area contributed by atoms with Gasteiger partial charge in [0.2, 0.25) is 15.9 Å². The van der Waals surface area contributed by atoms with E-state index in [0.717, 1.165) is 31.9 Å². The van der Waals surface area contributed by atoms with Gasteiger partial charge in [-0.1, -0.05) is 6.07 Å². The summed E-state index contributed by atoms with van der Waals surface area (Å²) in [6.07, 6.45) is 7.11. The van der Waals surface area contributed by atoms with E-state index in [0.29, 0.717) is 22.8 Å². The molecule has 1 amide bonds. The van der Waals surface area contributed by atoms with Crippen molar-refractivity contribution >= 4 is 27.3 Å². The van der Waals surface area contributed by atoms with Gasteiger partial charge in [0, 0.05) is 23.5 Å². The van der Waals surface area contributed by atoms with Crippen LogP contribution >= 0.6 is 0 Å². The van der Waals surface area contributed by atoms with Gasteiger partial charge in [-0.15, -0.1) is 0 Å². The second kappa shape index (κ2) is 7.74. The van der Waals surface area contributed by atoms with Gasteiger partial charge in [0.25, 0.3) is 5.91 Å². The van der Waals surface area contributed by atoms with E-state index >= 15 is 0 Å². The summed E-state index contributed by atoms with van der Waals surface area (Å²) in [5.74, 6) is 0.122. The van der Waals surface area contributed by atoms with Crippen LogP contribution in [0.2, 0.25) is 0 Å². The number of hydrogen-bond acceptors (Lipinski definition) is 5. The Labute approximate surface area is 152 Å². The fourth-order valence-electron chi connectivity index (χ4n) is 2.87. The van der Waals surface area contributed by atoms with E-state index in [-0.39, 0.29) is 12.0 Å². The molecule has 0 spiro atoms. The molecule has 0 bridgehead atoms. The quantitative estimate of drug-likeness (QED) is 0.809. The van der Waals surface area contributed by atoms with Gasteiger partial charge >= 0.3 is 0 Å². The molecule has 1 saturated carbocycles. The van der Waals surface area contributed by atoms with E-state index in [1.54, 1.807) is 42.6 Å². The molecular formula is C18H21N3O4S. The highest BCUT2D eigenvalue weighted by molar-refractivity contribution is 7.92. The number of benzene rings is 1. The Hall–Kier alpha value is -2.61. The van der Waals surface area contributed by atoms with Crippen molar-refractivity contribution in [2.45, 2.75) is 31.8 Å². The standard InChI is InChI=1S/C18H21N3O4S/c1-26(23,24)21-15-6-4-5-14(12-15)20-18(22)13-9-10-19-17(11-13)25-16-7-2-3-8-16/h4-6,9-12,16,21H,2-3,7-8H2,1H3,(H,20,22). The Morgan fingerprint density at radius 3 is 2.62 bits per heavy atom. The maximum atomic E-state index is 12.5. The van der Waals surface area contributed by atoms with Crippen LogP contribution in [0, 0.1) is 0 Å². The van der Waals surface area contributed by atoms with E-state index in [9.17, 15) is 13.2 Å². The Morgan fingerprint density at radius 1 is 1.15 bits per heavy atom. The van der Waals surface area contributed by atoms with Gasteiger partial charge in [0.05, 0.1) is 11.9 Å². The molecule has 26 heavy (non-hydrogen) atoms. The van der Waals surface area contributed by atoms with E-state index in [1.165, 1.54) is 0 Å². The zero-order chi connectivity index (χ0) is 18.6. The Morgan fingerprint density at radius 2 is 1.88 bits per heavy atom. The summed E-state index contributed by atoms with van der Waals surface area (Å²) in [6.45, 7) is 0. The smallest absolute Gasteiger partial charge is 0.255 e. The van der Waals surface area contributed by atoms with Crippen LogP contribution in [0.1, 0.15) is 36.0 Å². The molecule has 0 radical (unpaired) electrons. The van der Waals surface area contributed by atoms with Crippen LogP contribution in [0.15, 0.2) is 42.6 Å². The molecule has 0 atom stereocenters. The van der Waals surface area contributed by atoms with Gasteiger partial charge in [-0.2, -0.15) is 0 Å². The molecular weight excluding hydrogens is 354 g/mol. The van der Waals surface area contributed by atoms with Crippen LogP contribution in [-0.2, 0) is 10.0 Å². The third-order valence-corrected chi connectivity index (χ3v) is 4.62. The fraction of sp³-hybridized carbons (Fsp3) is 0.333. The minimum absolute atomic E-state index is 0.166. The number of carbonyl (C=O) groups excluding carboxylic acids is 1. The lowest BCUT2D eigenvalue weighted by atomic mass is 10.2. The van der Waals surface area contributed by atoms with Gasteiger partial charge in [0.15, 0.2) is 0 Å². The Kier molecular flexibility index (Phi) is 5.41. The zero-order valence-electron chi connectivity index (χ0n) is 14.4. The minimum Gasteiger partial charge on any atom is -0.474 e. The first kappa shape index (κ1) is 18.2. The molecule has 0 saturated heterocycles. The minimum atomic E-state index is -3.38. The number of hydrogen-bond donors (Lipinski definition) is 2. The average Bonchev–Trinajstić information content (AvgIpc) is 3.07. The lowest BCUT2D eigenvalue weighted by Crippen LogP contribution is -2.15. The molecule has 1 aliphatic rings. The van der Waals surface area contributed by atoms with Crippen molar-refractivity contribution in [1.29, 1.82) is 0 Å². The fourth-order valence-corrected chi connectivity index (χ4v) is 3.42. The molecule has 1 fully saturated rings. The normalized spacial score (nSPS) is 14.8. The number of anilines is 2. The molecule has 0 unspecified atom stereocenters. The predicted octanol–water partition coefficient (Wildman–Crippen LogP) is 3.03. The molecule has 2 N–H and O–H groups in total. The summed E-state index contributed by atoms with van der Waals surface area (Å²) in [4.78, 5) is 16.6. The summed E-state index contributed by atoms with van der Waals surface area (Å²) < 4.78 is 30.8. The molecule has 7 nitrogen and oxygen atoms in total. The van der Waals surface area contributed by atoms with Crippen molar-refractivity contribution in [2.75, 3.05) is 16.3 Å². The number of amides is 1. The van der Waals surface area contributed by atoms with Crippen LogP contribution in [0.3, 0.4) is 0 Å². The highest BCUT2D eigenvalue weighted by Crippen LogP contribution is 2.23. The monoisotopic (exact) mass is 375 g/mol. The Bertz CT molecular complexity index is 893. The highest BCUT2D eigenvalue weighted by Gasteiger charge is 2.17. The van der Waals surface area contributed by atoms with Crippen molar-refractivity contribution in [2.24, 2.45) is 0 Å². The third kappa shape index (κ3) is 5.19. The molecule has 1 aromatic heterocycles. The number of nitrogens with zero attached hydrogens (tertiary/aromatic N) is 1. The summed E-state index contributed by atoms with van der Waals surface area (Å²) in [5, 5.41) is 2.75. The maximum absolute atomic E-state index is 12.5. The molecule has 1 aliphatic carbocycles. The molecule has 138 valence electrons. The van der Waals surface area contributed by atoms with E-state index in [2.05, 4.69) is 15.0 Å². The Balaban J connectivity index is 1.69. The SMILES string of the molecule is CS(=O)(=O)Nc1cccc(NC(=O)c2ccnc(OC3CCCC3)c2)c1. The van der Waals surface area contributed by atoms with Gasteiger partial charge in [0.1, 0.15) is 6.10 Å². The summed E-state index contributed by atoms with van der Waals surface area (Å²) in [6, 6.07) is 9.72. The van der Waals surface area contributed by atoms with Gasteiger partial charge in [-0.3, -0.25) is 9.52 Å². The number of aromatic nitrogens is 1. The predicted molar refractivity (Wildman–Crippen MR) is 100.0 cm³/mol. The average molecular weight is 375 g/mol. The molecule has 1 aromatic carbocycles. The number of pyridine rings is 1. The van der Waals surface area contributed by atoms with Crippen molar-refractivity contribution in [1.82, 2.24) is 4.98 Å². The van der Waals surface area contributed by atoms with Crippen molar-refractivity contribution in [3.05, 3.63) is 48.2 Å². The first-order chi connectivity index (χ1) is 12.4. The molecule has 3 rings (SSSR count).